The lowest BCUT2D eigenvalue weighted by Crippen LogP contribution is -2.36. The highest BCUT2D eigenvalue weighted by molar-refractivity contribution is 7.85. The Labute approximate surface area is 89.4 Å². The average Bonchev–Trinajstić information content (AvgIpc) is 2.46. The molecule has 6 heteroatoms. The molecule has 0 aromatic carbocycles. The first-order valence-electron chi connectivity index (χ1n) is 4.58. The molecule has 1 N–H and O–H groups in total. The molecule has 0 aliphatic carbocycles. The van der Waals surface area contributed by atoms with Crippen molar-refractivity contribution in [1.82, 2.24) is 4.57 Å². The van der Waals surface area contributed by atoms with Gasteiger partial charge < -0.3 is 0 Å². The Kier molecular flexibility index (Phi) is 3.65. The van der Waals surface area contributed by atoms with Crippen molar-refractivity contribution in [1.29, 1.82) is 0 Å². The minimum atomic E-state index is -3.85. The summed E-state index contributed by atoms with van der Waals surface area (Å²) in [5.74, 6) is 0.763. The first-order valence-corrected chi connectivity index (χ1v) is 6.19. The van der Waals surface area contributed by atoms with E-state index in [-0.39, 0.29) is 5.75 Å². The lowest BCUT2D eigenvalue weighted by molar-refractivity contribution is -0.701. The maximum Gasteiger partial charge on any atom is 0.265 e. The largest absolute Gasteiger partial charge is 0.286 e. The van der Waals surface area contributed by atoms with Gasteiger partial charge in [-0.15, -0.1) is 0 Å². The molecule has 0 spiro atoms. The van der Waals surface area contributed by atoms with Gasteiger partial charge in [0.15, 0.2) is 0 Å². The molecule has 0 amide bonds. The van der Waals surface area contributed by atoms with Crippen LogP contribution in [0.4, 0.5) is 0 Å². The number of nitrogens with zero attached hydrogens (tertiary/aromatic N) is 2. The Morgan fingerprint density at radius 1 is 1.67 bits per heavy atom. The molecule has 0 aliphatic heterocycles. The fourth-order valence-corrected chi connectivity index (χ4v) is 1.86. The Morgan fingerprint density at radius 3 is 2.80 bits per heavy atom. The number of hydrogen-bond donors (Lipinski definition) is 1. The van der Waals surface area contributed by atoms with E-state index in [2.05, 4.69) is 6.58 Å². The summed E-state index contributed by atoms with van der Waals surface area (Å²) in [7, 11) is -3.85. The van der Waals surface area contributed by atoms with Crippen LogP contribution in [0.3, 0.4) is 0 Å². The van der Waals surface area contributed by atoms with Gasteiger partial charge in [-0.1, -0.05) is 6.58 Å². The summed E-state index contributed by atoms with van der Waals surface area (Å²) in [5.41, 5.74) is 0. The highest BCUT2D eigenvalue weighted by Gasteiger charge is 2.11. The van der Waals surface area contributed by atoms with Crippen molar-refractivity contribution in [3.05, 3.63) is 24.8 Å². The van der Waals surface area contributed by atoms with Crippen LogP contribution < -0.4 is 4.57 Å². The number of imidazole rings is 1. The standard InChI is InChI=1S/C9H14N2O3S/c1-3-10-6-7-11(9(10)2)5-4-8-15(12,13)14/h3,6-7H,1,4-5,8H2,2H3/p+1. The molecule has 1 heterocycles. The van der Waals surface area contributed by atoms with Crippen molar-refractivity contribution in [3.63, 3.8) is 0 Å². The summed E-state index contributed by atoms with van der Waals surface area (Å²) < 4.78 is 33.3. The van der Waals surface area contributed by atoms with E-state index in [9.17, 15) is 8.42 Å². The Hall–Kier alpha value is -1.14. The summed E-state index contributed by atoms with van der Waals surface area (Å²) in [6, 6.07) is 0. The predicted octanol–water partition coefficient (Wildman–Crippen LogP) is 0.462. The van der Waals surface area contributed by atoms with Crippen molar-refractivity contribution in [2.45, 2.75) is 19.9 Å². The molecule has 84 valence electrons. The van der Waals surface area contributed by atoms with E-state index < -0.39 is 10.1 Å². The van der Waals surface area contributed by atoms with Crippen molar-refractivity contribution in [3.8, 4) is 0 Å². The highest BCUT2D eigenvalue weighted by Crippen LogP contribution is 1.95. The van der Waals surface area contributed by atoms with Gasteiger partial charge >= 0.3 is 0 Å². The summed E-state index contributed by atoms with van der Waals surface area (Å²) in [6.07, 6.45) is 5.76. The van der Waals surface area contributed by atoms with E-state index in [1.165, 1.54) is 0 Å². The smallest absolute Gasteiger partial charge is 0.265 e. The minimum Gasteiger partial charge on any atom is -0.286 e. The first-order chi connectivity index (χ1) is 6.94. The quantitative estimate of drug-likeness (QED) is 0.591. The topological polar surface area (TPSA) is 63.2 Å². The summed E-state index contributed by atoms with van der Waals surface area (Å²) in [4.78, 5) is 0. The normalized spacial score (nSPS) is 11.6. The second-order valence-corrected chi connectivity index (χ2v) is 4.84. The molecule has 1 rings (SSSR count). The lowest BCUT2D eigenvalue weighted by atomic mass is 10.4. The van der Waals surface area contributed by atoms with Gasteiger partial charge in [-0.3, -0.25) is 4.55 Å². The lowest BCUT2D eigenvalue weighted by Gasteiger charge is -1.98. The van der Waals surface area contributed by atoms with Gasteiger partial charge in [0.25, 0.3) is 15.9 Å². The molecule has 0 aliphatic rings. The molecule has 0 unspecified atom stereocenters. The molecule has 0 bridgehead atoms. The van der Waals surface area contributed by atoms with E-state index in [0.717, 1.165) is 5.82 Å². The molecular formula is C9H15N2O3S+. The second-order valence-electron chi connectivity index (χ2n) is 3.27. The van der Waals surface area contributed by atoms with Crippen LogP contribution in [0, 0.1) is 6.92 Å². The van der Waals surface area contributed by atoms with Gasteiger partial charge in [-0.25, -0.2) is 9.13 Å². The third-order valence-corrected chi connectivity index (χ3v) is 3.00. The van der Waals surface area contributed by atoms with Gasteiger partial charge in [-0.05, 0) is 0 Å². The van der Waals surface area contributed by atoms with Crippen LogP contribution in [-0.2, 0) is 16.7 Å². The van der Waals surface area contributed by atoms with Gasteiger partial charge in [0.1, 0.15) is 12.4 Å². The van der Waals surface area contributed by atoms with Gasteiger partial charge in [-0.2, -0.15) is 8.42 Å². The van der Waals surface area contributed by atoms with Gasteiger partial charge in [0.2, 0.25) is 0 Å². The van der Waals surface area contributed by atoms with E-state index in [0.29, 0.717) is 13.0 Å². The van der Waals surface area contributed by atoms with Crippen LogP contribution in [-0.4, -0.2) is 23.3 Å². The molecule has 0 saturated heterocycles. The zero-order chi connectivity index (χ0) is 11.5. The van der Waals surface area contributed by atoms with Crippen molar-refractivity contribution in [2.75, 3.05) is 5.75 Å². The van der Waals surface area contributed by atoms with Crippen LogP contribution >= 0.6 is 0 Å². The van der Waals surface area contributed by atoms with E-state index in [4.69, 9.17) is 4.55 Å². The van der Waals surface area contributed by atoms with E-state index >= 15 is 0 Å². The van der Waals surface area contributed by atoms with Crippen molar-refractivity contribution >= 4 is 16.3 Å². The molecule has 0 atom stereocenters. The molecule has 0 fully saturated rings. The maximum absolute atomic E-state index is 10.5. The molecule has 1 aromatic rings. The third-order valence-electron chi connectivity index (χ3n) is 2.19. The average molecular weight is 231 g/mol. The number of aromatic nitrogens is 2. The third kappa shape index (κ3) is 3.49. The van der Waals surface area contributed by atoms with Crippen molar-refractivity contribution < 1.29 is 17.5 Å². The van der Waals surface area contributed by atoms with Crippen LogP contribution in [0.15, 0.2) is 19.0 Å². The Balaban J connectivity index is 2.59. The molecule has 5 nitrogen and oxygen atoms in total. The van der Waals surface area contributed by atoms with Crippen LogP contribution in [0.1, 0.15) is 12.2 Å². The molecule has 0 radical (unpaired) electrons. The molecule has 0 saturated carbocycles. The monoisotopic (exact) mass is 231 g/mol. The fraction of sp³-hybridized carbons (Fsp3) is 0.444. The second kappa shape index (κ2) is 4.59. The summed E-state index contributed by atoms with van der Waals surface area (Å²) in [5, 5.41) is 0. The zero-order valence-corrected chi connectivity index (χ0v) is 9.44. The van der Waals surface area contributed by atoms with E-state index in [1.807, 2.05) is 28.5 Å². The first kappa shape index (κ1) is 11.9. The van der Waals surface area contributed by atoms with Crippen LogP contribution in [0.2, 0.25) is 0 Å². The minimum absolute atomic E-state index is 0.210. The van der Waals surface area contributed by atoms with Crippen LogP contribution in [0.5, 0.6) is 0 Å². The van der Waals surface area contributed by atoms with E-state index in [1.54, 1.807) is 6.20 Å². The number of hydrogen-bond acceptors (Lipinski definition) is 2. The summed E-state index contributed by atoms with van der Waals surface area (Å²) >= 11 is 0. The number of rotatable bonds is 5. The number of aryl methyl sites for hydroxylation is 1. The van der Waals surface area contributed by atoms with Crippen LogP contribution in [0.25, 0.3) is 6.20 Å². The summed E-state index contributed by atoms with van der Waals surface area (Å²) in [6.45, 7) is 6.11. The van der Waals surface area contributed by atoms with Gasteiger partial charge in [0, 0.05) is 13.3 Å². The SMILES string of the molecule is C=Cn1cc[n+](CCCS(=O)(=O)O)c1C. The molecular weight excluding hydrogens is 216 g/mol. The van der Waals surface area contributed by atoms with Crippen molar-refractivity contribution in [2.24, 2.45) is 0 Å². The fourth-order valence-electron chi connectivity index (χ4n) is 1.36. The molecule has 1 aromatic heterocycles. The molecule has 15 heavy (non-hydrogen) atoms. The maximum atomic E-state index is 10.5. The zero-order valence-electron chi connectivity index (χ0n) is 8.63. The predicted molar refractivity (Wildman–Crippen MR) is 56.8 cm³/mol. The highest BCUT2D eigenvalue weighted by atomic mass is 32.2. The Morgan fingerprint density at radius 2 is 2.33 bits per heavy atom. The van der Waals surface area contributed by atoms with Gasteiger partial charge in [0.05, 0.1) is 18.5 Å². The Bertz CT molecular complexity index is 448.